The zero-order valence-corrected chi connectivity index (χ0v) is 9.32. The van der Waals surface area contributed by atoms with E-state index >= 15 is 0 Å². The molecular weight excluding hydrogens is 215 g/mol. The molecule has 0 amide bonds. The Morgan fingerprint density at radius 2 is 1.62 bits per heavy atom. The first-order valence-electron chi connectivity index (χ1n) is 6.15. The highest BCUT2D eigenvalue weighted by Crippen LogP contribution is 2.69. The van der Waals surface area contributed by atoms with Gasteiger partial charge in [0.05, 0.1) is 5.41 Å². The van der Waals surface area contributed by atoms with Crippen molar-refractivity contribution in [2.45, 2.75) is 44.7 Å². The molecule has 4 saturated carbocycles. The monoisotopic (exact) mass is 233 g/mol. The van der Waals surface area contributed by atoms with Gasteiger partial charge in [0, 0.05) is 0 Å². The minimum Gasteiger partial charge on any atom is -0.330 e. The van der Waals surface area contributed by atoms with Crippen LogP contribution in [-0.4, -0.2) is 12.7 Å². The maximum atomic E-state index is 13.3. The Morgan fingerprint density at radius 3 is 2.06 bits per heavy atom. The summed E-state index contributed by atoms with van der Waals surface area (Å²) in [5.41, 5.74) is 4.20. The largest absolute Gasteiger partial charge is 0.394 e. The molecule has 16 heavy (non-hydrogen) atoms. The van der Waals surface area contributed by atoms with Crippen LogP contribution in [0.3, 0.4) is 0 Å². The molecule has 2 N–H and O–H groups in total. The molecule has 4 rings (SSSR count). The summed E-state index contributed by atoms with van der Waals surface area (Å²) in [6.45, 7) is 0.442. The summed E-state index contributed by atoms with van der Waals surface area (Å²) in [7, 11) is 0. The van der Waals surface area contributed by atoms with Crippen LogP contribution in [0.5, 0.6) is 0 Å². The molecule has 4 heteroatoms. The van der Waals surface area contributed by atoms with Gasteiger partial charge in [-0.05, 0) is 62.3 Å². The molecule has 4 bridgehead atoms. The van der Waals surface area contributed by atoms with Crippen molar-refractivity contribution >= 4 is 0 Å². The van der Waals surface area contributed by atoms with E-state index < -0.39 is 11.6 Å². The maximum Gasteiger partial charge on any atom is 0.394 e. The summed E-state index contributed by atoms with van der Waals surface area (Å²) in [4.78, 5) is 0. The predicted octanol–water partition coefficient (Wildman–Crippen LogP) is 3.09. The Labute approximate surface area is 93.6 Å². The van der Waals surface area contributed by atoms with E-state index in [1.54, 1.807) is 0 Å². The smallest absolute Gasteiger partial charge is 0.330 e. The van der Waals surface area contributed by atoms with Crippen molar-refractivity contribution in [1.29, 1.82) is 0 Å². The number of nitrogens with two attached hydrogens (primary N) is 1. The molecule has 4 atom stereocenters. The van der Waals surface area contributed by atoms with Crippen LogP contribution in [0.1, 0.15) is 38.5 Å². The summed E-state index contributed by atoms with van der Waals surface area (Å²) < 4.78 is 39.8. The van der Waals surface area contributed by atoms with Crippen LogP contribution >= 0.6 is 0 Å². The molecular formula is C12H18F3N. The Morgan fingerprint density at radius 1 is 1.06 bits per heavy atom. The van der Waals surface area contributed by atoms with E-state index in [1.807, 2.05) is 0 Å². The van der Waals surface area contributed by atoms with Gasteiger partial charge in [0.25, 0.3) is 0 Å². The van der Waals surface area contributed by atoms with Gasteiger partial charge in [-0.25, -0.2) is 0 Å². The third-order valence-electron chi connectivity index (χ3n) is 5.22. The molecule has 0 saturated heterocycles. The first kappa shape index (κ1) is 10.9. The van der Waals surface area contributed by atoms with Crippen LogP contribution in [0.2, 0.25) is 0 Å². The fraction of sp³-hybridized carbons (Fsp3) is 1.00. The predicted molar refractivity (Wildman–Crippen MR) is 54.7 cm³/mol. The molecule has 0 aromatic heterocycles. The van der Waals surface area contributed by atoms with Crippen molar-refractivity contribution in [3.05, 3.63) is 0 Å². The number of alkyl halides is 3. The van der Waals surface area contributed by atoms with E-state index in [4.69, 9.17) is 5.73 Å². The van der Waals surface area contributed by atoms with Crippen molar-refractivity contribution < 1.29 is 13.2 Å². The van der Waals surface area contributed by atoms with Crippen LogP contribution in [0.15, 0.2) is 0 Å². The van der Waals surface area contributed by atoms with E-state index in [0.717, 1.165) is 19.3 Å². The standard InChI is InChI=1S/C12H18F3N/c13-12(14,15)11-4-8-1-9(5-11)3-10(2-8,6-11)7-16/h8-9H,1-7,16H2/t8-,9+,10?,11?. The molecule has 0 aromatic rings. The Hall–Kier alpha value is -0.250. The van der Waals surface area contributed by atoms with Crippen LogP contribution in [0, 0.1) is 22.7 Å². The Balaban J connectivity index is 1.99. The van der Waals surface area contributed by atoms with Gasteiger partial charge in [-0.2, -0.15) is 13.2 Å². The van der Waals surface area contributed by atoms with Crippen LogP contribution in [0.4, 0.5) is 13.2 Å². The van der Waals surface area contributed by atoms with Crippen molar-refractivity contribution in [2.75, 3.05) is 6.54 Å². The lowest BCUT2D eigenvalue weighted by Crippen LogP contribution is -2.59. The van der Waals surface area contributed by atoms with Crippen molar-refractivity contribution in [2.24, 2.45) is 28.4 Å². The molecule has 0 aromatic carbocycles. The second-order valence-electron chi connectivity index (χ2n) is 6.44. The van der Waals surface area contributed by atoms with Crippen LogP contribution in [0.25, 0.3) is 0 Å². The molecule has 1 nitrogen and oxygen atoms in total. The Bertz CT molecular complexity index is 296. The number of hydrogen-bond donors (Lipinski definition) is 1. The topological polar surface area (TPSA) is 26.0 Å². The molecule has 0 aliphatic heterocycles. The zero-order chi connectivity index (χ0) is 11.6. The van der Waals surface area contributed by atoms with Gasteiger partial charge in [0.15, 0.2) is 0 Å². The molecule has 4 fully saturated rings. The molecule has 0 heterocycles. The number of halogens is 3. The Kier molecular flexibility index (Phi) is 2.00. The van der Waals surface area contributed by atoms with E-state index in [0.29, 0.717) is 25.8 Å². The number of rotatable bonds is 1. The average Bonchev–Trinajstić information content (AvgIpc) is 2.14. The van der Waals surface area contributed by atoms with E-state index in [-0.39, 0.29) is 17.3 Å². The highest BCUT2D eigenvalue weighted by Gasteiger charge is 2.66. The first-order chi connectivity index (χ1) is 7.38. The fourth-order valence-electron chi connectivity index (χ4n) is 5.02. The van der Waals surface area contributed by atoms with Gasteiger partial charge >= 0.3 is 6.18 Å². The summed E-state index contributed by atoms with van der Waals surface area (Å²) in [5.74, 6) is 0.567. The molecule has 2 unspecified atom stereocenters. The molecule has 4 aliphatic rings. The first-order valence-corrected chi connectivity index (χ1v) is 6.15. The lowest BCUT2D eigenvalue weighted by atomic mass is 9.44. The fourth-order valence-corrected chi connectivity index (χ4v) is 5.02. The van der Waals surface area contributed by atoms with Gasteiger partial charge in [0.1, 0.15) is 0 Å². The van der Waals surface area contributed by atoms with Gasteiger partial charge in [0.2, 0.25) is 0 Å². The maximum absolute atomic E-state index is 13.3. The van der Waals surface area contributed by atoms with E-state index in [9.17, 15) is 13.2 Å². The zero-order valence-electron chi connectivity index (χ0n) is 9.32. The highest BCUT2D eigenvalue weighted by atomic mass is 19.4. The lowest BCUT2D eigenvalue weighted by molar-refractivity contribution is -0.285. The molecule has 0 spiro atoms. The molecule has 0 radical (unpaired) electrons. The summed E-state index contributed by atoms with van der Waals surface area (Å²) >= 11 is 0. The third kappa shape index (κ3) is 1.28. The molecule has 92 valence electrons. The average molecular weight is 233 g/mol. The highest BCUT2D eigenvalue weighted by molar-refractivity contribution is 5.10. The van der Waals surface area contributed by atoms with Crippen LogP contribution < -0.4 is 5.73 Å². The quantitative estimate of drug-likeness (QED) is 0.740. The SMILES string of the molecule is NCC12C[C@H]3C[C@@H](C1)CC(C(F)(F)F)(C3)C2. The van der Waals surface area contributed by atoms with Gasteiger partial charge in [-0.15, -0.1) is 0 Å². The summed E-state index contributed by atoms with van der Waals surface area (Å²) in [6.07, 6.45) is -0.0864. The van der Waals surface area contributed by atoms with Gasteiger partial charge in [-0.3, -0.25) is 0 Å². The van der Waals surface area contributed by atoms with Crippen molar-refractivity contribution in [1.82, 2.24) is 0 Å². The van der Waals surface area contributed by atoms with E-state index in [1.165, 1.54) is 0 Å². The summed E-state index contributed by atoms with van der Waals surface area (Å²) in [6, 6.07) is 0. The second-order valence-corrected chi connectivity index (χ2v) is 6.44. The normalized spacial score (nSPS) is 51.0. The van der Waals surface area contributed by atoms with Gasteiger partial charge in [-0.1, -0.05) is 0 Å². The van der Waals surface area contributed by atoms with Gasteiger partial charge < -0.3 is 5.73 Å². The summed E-state index contributed by atoms with van der Waals surface area (Å²) in [5, 5.41) is 0. The minimum atomic E-state index is -4.02. The third-order valence-corrected chi connectivity index (χ3v) is 5.22. The molecule has 4 aliphatic carbocycles. The second kappa shape index (κ2) is 2.95. The van der Waals surface area contributed by atoms with E-state index in [2.05, 4.69) is 0 Å². The van der Waals surface area contributed by atoms with Crippen molar-refractivity contribution in [3.63, 3.8) is 0 Å². The number of hydrogen-bond acceptors (Lipinski definition) is 1. The van der Waals surface area contributed by atoms with Crippen LogP contribution in [-0.2, 0) is 0 Å². The van der Waals surface area contributed by atoms with Crippen molar-refractivity contribution in [3.8, 4) is 0 Å². The lowest BCUT2D eigenvalue weighted by Gasteiger charge is -2.62. The minimum absolute atomic E-state index is 0.181.